The zero-order valence-electron chi connectivity index (χ0n) is 5.64. The smallest absolute Gasteiger partial charge is 0.186 e. The molecule has 1 aromatic carbocycles. The van der Waals surface area contributed by atoms with E-state index in [4.69, 9.17) is 0 Å². The summed E-state index contributed by atoms with van der Waals surface area (Å²) in [7, 11) is 0. The van der Waals surface area contributed by atoms with E-state index in [1.54, 1.807) is 0 Å². The van der Waals surface area contributed by atoms with Crippen LogP contribution in [0.25, 0.3) is 0 Å². The fourth-order valence-electron chi connectivity index (χ4n) is 0.651. The van der Waals surface area contributed by atoms with Crippen molar-refractivity contribution >= 4 is 39.0 Å². The molecule has 12 heavy (non-hydrogen) atoms. The van der Waals surface area contributed by atoms with E-state index in [-0.39, 0.29) is 10.2 Å². The molecule has 0 fully saturated rings. The molecule has 0 atom stereocenters. The van der Waals surface area contributed by atoms with E-state index in [2.05, 4.69) is 33.1 Å². The van der Waals surface area contributed by atoms with Gasteiger partial charge < -0.3 is 0 Å². The maximum Gasteiger partial charge on any atom is 0.186 e. The largest absolute Gasteiger partial charge is 0.202 e. The van der Waals surface area contributed by atoms with Gasteiger partial charge in [-0.1, -0.05) is 0 Å². The Bertz CT molecular complexity index is 361. The summed E-state index contributed by atoms with van der Waals surface area (Å²) in [5.74, 6) is -2.00. The molecule has 0 bridgehead atoms. The number of nitrogens with zero attached hydrogens (tertiary/aromatic N) is 1. The normalized spacial score (nSPS) is 9.25. The summed E-state index contributed by atoms with van der Waals surface area (Å²) in [5.41, 5.74) is -0.147. The van der Waals surface area contributed by atoms with Gasteiger partial charge in [0.2, 0.25) is 0 Å². The van der Waals surface area contributed by atoms with E-state index >= 15 is 0 Å². The topological polar surface area (TPSA) is 12.4 Å². The first-order chi connectivity index (χ1) is 5.66. The van der Waals surface area contributed by atoms with E-state index < -0.39 is 11.6 Å². The van der Waals surface area contributed by atoms with E-state index in [1.807, 2.05) is 5.16 Å². The van der Waals surface area contributed by atoms with Crippen molar-refractivity contribution in [2.75, 3.05) is 0 Å². The summed E-state index contributed by atoms with van der Waals surface area (Å²) in [6, 6.07) is 2.66. The molecule has 0 aromatic heterocycles. The first-order valence-corrected chi connectivity index (χ1v) is 4.08. The highest BCUT2D eigenvalue weighted by atomic mass is 79.9. The lowest BCUT2D eigenvalue weighted by Gasteiger charge is -1.97. The maximum atomic E-state index is 12.9. The number of aliphatic imine (C=N–C) groups is 1. The van der Waals surface area contributed by atoms with Crippen molar-refractivity contribution in [3.05, 3.63) is 28.2 Å². The van der Waals surface area contributed by atoms with Gasteiger partial charge in [0.1, 0.15) is 5.69 Å². The van der Waals surface area contributed by atoms with Crippen molar-refractivity contribution in [3.8, 4) is 0 Å². The molecule has 0 spiro atoms. The van der Waals surface area contributed by atoms with Gasteiger partial charge in [-0.2, -0.15) is 4.99 Å². The Kier molecular flexibility index (Phi) is 3.03. The fraction of sp³-hybridized carbons (Fsp3) is 0. The molecule has 0 saturated heterocycles. The quantitative estimate of drug-likeness (QED) is 0.422. The maximum absolute atomic E-state index is 12.9. The predicted octanol–water partition coefficient (Wildman–Crippen LogP) is 3.46. The molecule has 1 aromatic rings. The van der Waals surface area contributed by atoms with E-state index in [1.165, 1.54) is 12.1 Å². The minimum absolute atomic E-state index is 0.0586. The zero-order chi connectivity index (χ0) is 9.14. The number of isothiocyanates is 1. The van der Waals surface area contributed by atoms with Crippen LogP contribution in [0.3, 0.4) is 0 Å². The van der Waals surface area contributed by atoms with Crippen molar-refractivity contribution < 1.29 is 8.78 Å². The standard InChI is InChI=1S/C7H2BrF2NS/c8-4-1-2-5(11-3-12)7(10)6(4)9/h1-2H. The van der Waals surface area contributed by atoms with Crippen LogP contribution < -0.4 is 0 Å². The lowest BCUT2D eigenvalue weighted by Crippen LogP contribution is -1.85. The zero-order valence-corrected chi connectivity index (χ0v) is 8.05. The Balaban J connectivity index is 3.35. The SMILES string of the molecule is Fc1c(Br)ccc(N=C=S)c1F. The van der Waals surface area contributed by atoms with Crippen molar-refractivity contribution in [2.24, 2.45) is 4.99 Å². The van der Waals surface area contributed by atoms with Crippen LogP contribution in [-0.4, -0.2) is 5.16 Å². The summed E-state index contributed by atoms with van der Waals surface area (Å²) in [6.07, 6.45) is 0. The summed E-state index contributed by atoms with van der Waals surface area (Å²) in [5, 5.41) is 1.96. The second-order valence-corrected chi connectivity index (χ2v) is 2.93. The summed E-state index contributed by atoms with van der Waals surface area (Å²) in [4.78, 5) is 3.34. The third kappa shape index (κ3) is 1.75. The predicted molar refractivity (Wildman–Crippen MR) is 48.7 cm³/mol. The molecule has 0 heterocycles. The van der Waals surface area contributed by atoms with Gasteiger partial charge in [0.25, 0.3) is 0 Å². The Labute approximate surface area is 81.2 Å². The fourth-order valence-corrected chi connectivity index (χ4v) is 1.06. The van der Waals surface area contributed by atoms with Gasteiger partial charge in [-0.15, -0.1) is 0 Å². The van der Waals surface area contributed by atoms with Crippen LogP contribution in [0.2, 0.25) is 0 Å². The third-order valence-electron chi connectivity index (χ3n) is 1.18. The van der Waals surface area contributed by atoms with E-state index in [0.717, 1.165) is 0 Å². The Morgan fingerprint density at radius 3 is 2.58 bits per heavy atom. The molecule has 5 heteroatoms. The monoisotopic (exact) mass is 249 g/mol. The van der Waals surface area contributed by atoms with E-state index in [9.17, 15) is 8.78 Å². The van der Waals surface area contributed by atoms with Gasteiger partial charge in [0, 0.05) is 0 Å². The highest BCUT2D eigenvalue weighted by Gasteiger charge is 2.10. The molecule has 62 valence electrons. The Hall–Kier alpha value is -0.640. The highest BCUT2D eigenvalue weighted by Crippen LogP contribution is 2.25. The Morgan fingerprint density at radius 1 is 1.33 bits per heavy atom. The lowest BCUT2D eigenvalue weighted by atomic mass is 10.3. The van der Waals surface area contributed by atoms with Crippen LogP contribution >= 0.6 is 28.1 Å². The number of hydrogen-bond acceptors (Lipinski definition) is 2. The average molecular weight is 250 g/mol. The number of halogens is 3. The molecular formula is C7H2BrF2NS. The van der Waals surface area contributed by atoms with Crippen LogP contribution in [0.15, 0.2) is 21.6 Å². The van der Waals surface area contributed by atoms with Crippen molar-refractivity contribution in [3.63, 3.8) is 0 Å². The second kappa shape index (κ2) is 3.85. The molecule has 0 amide bonds. The van der Waals surface area contributed by atoms with Gasteiger partial charge in [-0.05, 0) is 40.3 Å². The minimum Gasteiger partial charge on any atom is -0.202 e. The molecule has 0 N–H and O–H groups in total. The summed E-state index contributed by atoms with van der Waals surface area (Å²) < 4.78 is 25.7. The average Bonchev–Trinajstić information content (AvgIpc) is 2.07. The number of hydrogen-bond donors (Lipinski definition) is 0. The van der Waals surface area contributed by atoms with Gasteiger partial charge in [0.05, 0.1) is 9.63 Å². The van der Waals surface area contributed by atoms with Crippen molar-refractivity contribution in [2.45, 2.75) is 0 Å². The van der Waals surface area contributed by atoms with Crippen LogP contribution in [0, 0.1) is 11.6 Å². The highest BCUT2D eigenvalue weighted by molar-refractivity contribution is 9.10. The molecule has 1 nitrogen and oxygen atoms in total. The summed E-state index contributed by atoms with van der Waals surface area (Å²) >= 11 is 7.08. The van der Waals surface area contributed by atoms with Gasteiger partial charge in [0.15, 0.2) is 11.6 Å². The first-order valence-electron chi connectivity index (χ1n) is 2.88. The van der Waals surface area contributed by atoms with Gasteiger partial charge in [-0.3, -0.25) is 0 Å². The first kappa shape index (κ1) is 9.45. The van der Waals surface area contributed by atoms with Crippen LogP contribution in [0.4, 0.5) is 14.5 Å². The molecule has 0 radical (unpaired) electrons. The van der Waals surface area contributed by atoms with Gasteiger partial charge >= 0.3 is 0 Å². The number of thiocarbonyl (C=S) groups is 1. The van der Waals surface area contributed by atoms with E-state index in [0.29, 0.717) is 0 Å². The van der Waals surface area contributed by atoms with Crippen LogP contribution in [0.1, 0.15) is 0 Å². The molecule has 0 aliphatic carbocycles. The van der Waals surface area contributed by atoms with Crippen molar-refractivity contribution in [1.29, 1.82) is 0 Å². The lowest BCUT2D eigenvalue weighted by molar-refractivity contribution is 0.506. The van der Waals surface area contributed by atoms with Crippen LogP contribution in [0.5, 0.6) is 0 Å². The number of rotatable bonds is 1. The molecule has 0 saturated carbocycles. The molecule has 1 rings (SSSR count). The second-order valence-electron chi connectivity index (χ2n) is 1.90. The third-order valence-corrected chi connectivity index (χ3v) is 1.88. The minimum atomic E-state index is -1.03. The van der Waals surface area contributed by atoms with Crippen molar-refractivity contribution in [1.82, 2.24) is 0 Å². The molecule has 0 unspecified atom stereocenters. The number of benzene rings is 1. The molecule has 0 aliphatic rings. The Morgan fingerprint density at radius 2 is 2.00 bits per heavy atom. The van der Waals surface area contributed by atoms with Gasteiger partial charge in [-0.25, -0.2) is 8.78 Å². The summed E-state index contributed by atoms with van der Waals surface area (Å²) in [6.45, 7) is 0. The molecular weight excluding hydrogens is 248 g/mol. The van der Waals surface area contributed by atoms with Crippen LogP contribution in [-0.2, 0) is 0 Å². The molecule has 0 aliphatic heterocycles.